The maximum absolute atomic E-state index is 12.6. The van der Waals surface area contributed by atoms with Crippen LogP contribution < -0.4 is 5.32 Å². The number of rotatable bonds is 1. The quantitative estimate of drug-likeness (QED) is 0.810. The van der Waals surface area contributed by atoms with E-state index < -0.39 is 0 Å². The van der Waals surface area contributed by atoms with Gasteiger partial charge in [0.15, 0.2) is 0 Å². The zero-order valence-electron chi connectivity index (χ0n) is 11.9. The second-order valence-corrected chi connectivity index (χ2v) is 5.78. The number of aryl methyl sites for hydroxylation is 1. The van der Waals surface area contributed by atoms with Gasteiger partial charge in [-0.25, -0.2) is 0 Å². The van der Waals surface area contributed by atoms with E-state index in [-0.39, 0.29) is 17.9 Å². The summed E-state index contributed by atoms with van der Waals surface area (Å²) in [6, 6.07) is 0.246. The van der Waals surface area contributed by atoms with Gasteiger partial charge in [-0.15, -0.1) is 0 Å². The molecule has 0 aromatic carbocycles. The molecule has 108 valence electrons. The van der Waals surface area contributed by atoms with E-state index >= 15 is 0 Å². The van der Waals surface area contributed by atoms with Gasteiger partial charge in [0.1, 0.15) is 0 Å². The molecule has 0 bridgehead atoms. The lowest BCUT2D eigenvalue weighted by atomic mass is 9.85. The molecular formula is C14H20N4O2. The van der Waals surface area contributed by atoms with Crippen molar-refractivity contribution in [1.29, 1.82) is 0 Å². The maximum Gasteiger partial charge on any atom is 0.257 e. The van der Waals surface area contributed by atoms with Crippen molar-refractivity contribution in [2.75, 3.05) is 13.1 Å². The fourth-order valence-electron chi connectivity index (χ4n) is 3.17. The van der Waals surface area contributed by atoms with Crippen LogP contribution in [0, 0.1) is 12.8 Å². The van der Waals surface area contributed by atoms with Crippen LogP contribution in [0.1, 0.15) is 35.3 Å². The van der Waals surface area contributed by atoms with Gasteiger partial charge in [0.2, 0.25) is 5.91 Å². The van der Waals surface area contributed by atoms with Crippen LogP contribution in [0.2, 0.25) is 0 Å². The first kappa shape index (κ1) is 13.1. The van der Waals surface area contributed by atoms with E-state index in [4.69, 9.17) is 0 Å². The summed E-state index contributed by atoms with van der Waals surface area (Å²) < 4.78 is 1.72. The number of carbonyl (C=O) groups is 2. The van der Waals surface area contributed by atoms with E-state index in [1.54, 1.807) is 10.9 Å². The SMILES string of the molecule is Cc1c(C(=O)N2CCC3NC(=O)CCC3C2)cnn1C. The Balaban J connectivity index is 1.72. The van der Waals surface area contributed by atoms with Crippen molar-refractivity contribution in [1.82, 2.24) is 20.0 Å². The average Bonchev–Trinajstić information content (AvgIpc) is 2.77. The number of nitrogens with one attached hydrogen (secondary N) is 1. The molecule has 2 saturated heterocycles. The van der Waals surface area contributed by atoms with E-state index in [0.717, 1.165) is 25.1 Å². The smallest absolute Gasteiger partial charge is 0.257 e. The van der Waals surface area contributed by atoms with Crippen molar-refractivity contribution in [3.8, 4) is 0 Å². The monoisotopic (exact) mass is 276 g/mol. The molecule has 2 aliphatic rings. The summed E-state index contributed by atoms with van der Waals surface area (Å²) >= 11 is 0. The topological polar surface area (TPSA) is 67.2 Å². The normalized spacial score (nSPS) is 26.1. The lowest BCUT2D eigenvalue weighted by molar-refractivity contribution is -0.125. The lowest BCUT2D eigenvalue weighted by Crippen LogP contribution is -2.55. The molecule has 2 unspecified atom stereocenters. The van der Waals surface area contributed by atoms with Gasteiger partial charge < -0.3 is 10.2 Å². The Kier molecular flexibility index (Phi) is 3.23. The Morgan fingerprint density at radius 3 is 2.95 bits per heavy atom. The molecule has 3 heterocycles. The van der Waals surface area contributed by atoms with Crippen LogP contribution in [0.4, 0.5) is 0 Å². The van der Waals surface area contributed by atoms with Crippen molar-refractivity contribution in [3.05, 3.63) is 17.5 Å². The molecule has 3 rings (SSSR count). The van der Waals surface area contributed by atoms with Crippen LogP contribution in [0.15, 0.2) is 6.20 Å². The summed E-state index contributed by atoms with van der Waals surface area (Å²) in [5, 5.41) is 7.18. The maximum atomic E-state index is 12.6. The number of carbonyl (C=O) groups excluding carboxylic acids is 2. The predicted octanol–water partition coefficient (Wildman–Crippen LogP) is 0.469. The van der Waals surface area contributed by atoms with Crippen LogP contribution in [0.3, 0.4) is 0 Å². The molecule has 6 nitrogen and oxygen atoms in total. The minimum Gasteiger partial charge on any atom is -0.353 e. The molecule has 2 aliphatic heterocycles. The highest BCUT2D eigenvalue weighted by Crippen LogP contribution is 2.26. The van der Waals surface area contributed by atoms with Gasteiger partial charge in [0.05, 0.1) is 11.8 Å². The van der Waals surface area contributed by atoms with Gasteiger partial charge in [0, 0.05) is 38.3 Å². The third kappa shape index (κ3) is 2.19. The summed E-state index contributed by atoms with van der Waals surface area (Å²) in [6.45, 7) is 3.35. The predicted molar refractivity (Wildman–Crippen MR) is 73.1 cm³/mol. The molecule has 0 aliphatic carbocycles. The lowest BCUT2D eigenvalue weighted by Gasteiger charge is -2.41. The third-order valence-corrected chi connectivity index (χ3v) is 4.58. The summed E-state index contributed by atoms with van der Waals surface area (Å²) in [7, 11) is 1.84. The minimum atomic E-state index is 0.0611. The fraction of sp³-hybridized carbons (Fsp3) is 0.643. The second-order valence-electron chi connectivity index (χ2n) is 5.78. The van der Waals surface area contributed by atoms with Crippen molar-refractivity contribution in [2.24, 2.45) is 13.0 Å². The Bertz CT molecular complexity index is 551. The average molecular weight is 276 g/mol. The summed E-state index contributed by atoms with van der Waals surface area (Å²) in [5.41, 5.74) is 1.58. The summed E-state index contributed by atoms with van der Waals surface area (Å²) in [4.78, 5) is 25.9. The van der Waals surface area contributed by atoms with Crippen molar-refractivity contribution < 1.29 is 9.59 Å². The van der Waals surface area contributed by atoms with E-state index in [2.05, 4.69) is 10.4 Å². The Hall–Kier alpha value is -1.85. The van der Waals surface area contributed by atoms with Crippen LogP contribution in [0.25, 0.3) is 0 Å². The van der Waals surface area contributed by atoms with Crippen LogP contribution in [-0.2, 0) is 11.8 Å². The first-order valence-electron chi connectivity index (χ1n) is 7.13. The van der Waals surface area contributed by atoms with Crippen LogP contribution in [0.5, 0.6) is 0 Å². The van der Waals surface area contributed by atoms with Gasteiger partial charge in [0.25, 0.3) is 5.91 Å². The number of nitrogens with zero attached hydrogens (tertiary/aromatic N) is 3. The Morgan fingerprint density at radius 1 is 1.45 bits per heavy atom. The zero-order chi connectivity index (χ0) is 14.3. The third-order valence-electron chi connectivity index (χ3n) is 4.58. The molecule has 2 atom stereocenters. The second kappa shape index (κ2) is 4.92. The summed E-state index contributed by atoms with van der Waals surface area (Å²) in [5.74, 6) is 0.599. The van der Waals surface area contributed by atoms with Gasteiger partial charge in [-0.05, 0) is 25.7 Å². The molecule has 0 saturated carbocycles. The molecular weight excluding hydrogens is 256 g/mol. The highest BCUT2D eigenvalue weighted by Gasteiger charge is 2.35. The van der Waals surface area contributed by atoms with Gasteiger partial charge in [-0.2, -0.15) is 5.10 Å². The molecule has 1 N–H and O–H groups in total. The van der Waals surface area contributed by atoms with Gasteiger partial charge >= 0.3 is 0 Å². The van der Waals surface area contributed by atoms with Crippen LogP contribution >= 0.6 is 0 Å². The van der Waals surface area contributed by atoms with Crippen molar-refractivity contribution >= 4 is 11.8 Å². The largest absolute Gasteiger partial charge is 0.353 e. The van der Waals surface area contributed by atoms with E-state index in [1.807, 2.05) is 18.9 Å². The number of likely N-dealkylation sites (tertiary alicyclic amines) is 1. The molecule has 20 heavy (non-hydrogen) atoms. The van der Waals surface area contributed by atoms with E-state index in [9.17, 15) is 9.59 Å². The molecule has 2 fully saturated rings. The van der Waals surface area contributed by atoms with Crippen molar-refractivity contribution in [2.45, 2.75) is 32.2 Å². The molecule has 1 aromatic heterocycles. The molecule has 6 heteroatoms. The fourth-order valence-corrected chi connectivity index (χ4v) is 3.17. The number of piperidine rings is 2. The minimum absolute atomic E-state index is 0.0611. The van der Waals surface area contributed by atoms with Gasteiger partial charge in [-0.3, -0.25) is 14.3 Å². The standard InChI is InChI=1S/C14H20N4O2/c1-9-11(7-15-17(9)2)14(20)18-6-5-12-10(8-18)3-4-13(19)16-12/h7,10,12H,3-6,8H2,1-2H3,(H,16,19). The molecule has 2 amide bonds. The zero-order valence-corrected chi connectivity index (χ0v) is 11.9. The molecule has 1 aromatic rings. The number of hydrogen-bond donors (Lipinski definition) is 1. The molecule has 0 radical (unpaired) electrons. The first-order chi connectivity index (χ1) is 9.56. The van der Waals surface area contributed by atoms with Gasteiger partial charge in [-0.1, -0.05) is 0 Å². The highest BCUT2D eigenvalue weighted by atomic mass is 16.2. The Morgan fingerprint density at radius 2 is 2.25 bits per heavy atom. The first-order valence-corrected chi connectivity index (χ1v) is 7.13. The molecule has 0 spiro atoms. The number of amides is 2. The van der Waals surface area contributed by atoms with E-state index in [1.165, 1.54) is 0 Å². The van der Waals surface area contributed by atoms with E-state index in [0.29, 0.717) is 24.4 Å². The number of hydrogen-bond acceptors (Lipinski definition) is 3. The Labute approximate surface area is 118 Å². The van der Waals surface area contributed by atoms with Crippen molar-refractivity contribution in [3.63, 3.8) is 0 Å². The number of aromatic nitrogens is 2. The highest BCUT2D eigenvalue weighted by molar-refractivity contribution is 5.95. The van der Waals surface area contributed by atoms with Crippen LogP contribution in [-0.4, -0.2) is 45.6 Å². The summed E-state index contributed by atoms with van der Waals surface area (Å²) in [6.07, 6.45) is 3.95. The number of fused-ring (bicyclic) bond motifs is 1.